The van der Waals surface area contributed by atoms with E-state index < -0.39 is 0 Å². The van der Waals surface area contributed by atoms with Gasteiger partial charge in [-0.2, -0.15) is 5.26 Å². The molecule has 7 rings (SSSR count). The van der Waals surface area contributed by atoms with Crippen molar-refractivity contribution in [2.24, 2.45) is 0 Å². The molecule has 7 aromatic rings. The number of ether oxygens (including phenoxy) is 2. The Morgan fingerprint density at radius 3 is 1.38 bits per heavy atom. The summed E-state index contributed by atoms with van der Waals surface area (Å²) >= 11 is 0. The molecule has 0 radical (unpaired) electrons. The largest absolute Gasteiger partial charge is 0.497 e. The minimum atomic E-state index is 0.607. The predicted molar refractivity (Wildman–Crippen MR) is 189 cm³/mol. The third-order valence-corrected chi connectivity index (χ3v) is 8.33. The molecule has 6 aromatic carbocycles. The van der Waals surface area contributed by atoms with Crippen LogP contribution in [-0.4, -0.2) is 23.8 Å². The molecule has 0 aliphatic rings. The van der Waals surface area contributed by atoms with Gasteiger partial charge in [0, 0.05) is 22.4 Å². The number of benzene rings is 6. The first-order valence-electron chi connectivity index (χ1n) is 15.3. The minimum absolute atomic E-state index is 0.607. The second kappa shape index (κ2) is 12.9. The molecule has 0 atom stereocenters. The lowest BCUT2D eigenvalue weighted by Gasteiger charge is -2.14. The van der Waals surface area contributed by atoms with E-state index in [4.69, 9.17) is 14.5 Å². The highest BCUT2D eigenvalue weighted by molar-refractivity contribution is 5.86. The lowest BCUT2D eigenvalue weighted by atomic mass is 9.98. The van der Waals surface area contributed by atoms with Gasteiger partial charge in [0.1, 0.15) is 17.3 Å². The third kappa shape index (κ3) is 5.88. The zero-order valence-electron chi connectivity index (χ0n) is 26.1. The molecule has 1 aromatic heterocycles. The second-order valence-electron chi connectivity index (χ2n) is 11.1. The first kappa shape index (κ1) is 29.3. The molecule has 0 saturated carbocycles. The van der Waals surface area contributed by atoms with E-state index in [1.165, 1.54) is 0 Å². The normalized spacial score (nSPS) is 10.7. The van der Waals surface area contributed by atoms with Gasteiger partial charge in [0.25, 0.3) is 0 Å². The quantitative estimate of drug-likeness (QED) is 0.172. The molecule has 0 N–H and O–H groups in total. The first-order valence-corrected chi connectivity index (χ1v) is 15.3. The summed E-state index contributed by atoms with van der Waals surface area (Å²) in [6.45, 7) is 0. The van der Waals surface area contributed by atoms with Crippen molar-refractivity contribution in [2.45, 2.75) is 0 Å². The van der Waals surface area contributed by atoms with Crippen molar-refractivity contribution in [3.63, 3.8) is 0 Å². The lowest BCUT2D eigenvalue weighted by molar-refractivity contribution is 0.415. The number of imidazole rings is 1. The van der Waals surface area contributed by atoms with Crippen molar-refractivity contribution in [3.8, 4) is 79.4 Å². The fraction of sp³-hybridized carbons (Fsp3) is 0.0476. The van der Waals surface area contributed by atoms with Crippen LogP contribution in [0.2, 0.25) is 0 Å². The second-order valence-corrected chi connectivity index (χ2v) is 11.1. The number of para-hydroxylation sites is 1. The fourth-order valence-corrected chi connectivity index (χ4v) is 5.81. The van der Waals surface area contributed by atoms with Crippen LogP contribution in [0.4, 0.5) is 0 Å². The molecule has 0 unspecified atom stereocenters. The minimum Gasteiger partial charge on any atom is -0.497 e. The molecule has 0 spiro atoms. The van der Waals surface area contributed by atoms with Gasteiger partial charge in [0.15, 0.2) is 0 Å². The van der Waals surface area contributed by atoms with Crippen LogP contribution in [0.5, 0.6) is 11.5 Å². The summed E-state index contributed by atoms with van der Waals surface area (Å²) in [6.07, 6.45) is 0. The van der Waals surface area contributed by atoms with Gasteiger partial charge in [-0.1, -0.05) is 91.0 Å². The standard InChI is InChI=1S/C42H31N3O2/c1-46-38-24-20-32(21-25-38)30-12-16-34(17-13-30)40-41(35-18-14-31(15-19-35)33-22-26-39(47-2)27-23-33)45(37-6-4-3-5-7-37)42(44-40)36-10-8-29(28-43)9-11-36/h3-27H,1-2H3. The van der Waals surface area contributed by atoms with Crippen molar-refractivity contribution in [1.82, 2.24) is 9.55 Å². The number of methoxy groups -OCH3 is 2. The zero-order chi connectivity index (χ0) is 32.2. The molecule has 0 aliphatic carbocycles. The Morgan fingerprint density at radius 2 is 0.915 bits per heavy atom. The van der Waals surface area contributed by atoms with Gasteiger partial charge < -0.3 is 9.47 Å². The average molecular weight is 610 g/mol. The van der Waals surface area contributed by atoms with Gasteiger partial charge in [-0.05, 0) is 82.9 Å². The topological polar surface area (TPSA) is 60.1 Å². The number of hydrogen-bond acceptors (Lipinski definition) is 4. The Kier molecular flexibility index (Phi) is 8.07. The molecule has 0 aliphatic heterocycles. The van der Waals surface area contributed by atoms with Crippen LogP contribution in [0, 0.1) is 11.3 Å². The van der Waals surface area contributed by atoms with E-state index in [-0.39, 0.29) is 0 Å². The monoisotopic (exact) mass is 609 g/mol. The summed E-state index contributed by atoms with van der Waals surface area (Å²) in [6, 6.07) is 53.5. The first-order chi connectivity index (χ1) is 23.1. The molecule has 0 fully saturated rings. The van der Waals surface area contributed by atoms with E-state index in [0.717, 1.165) is 73.3 Å². The highest BCUT2D eigenvalue weighted by Crippen LogP contribution is 2.40. The Bertz CT molecular complexity index is 2160. The summed E-state index contributed by atoms with van der Waals surface area (Å²) in [5, 5.41) is 9.46. The van der Waals surface area contributed by atoms with Crippen LogP contribution >= 0.6 is 0 Å². The number of nitrogens with zero attached hydrogens (tertiary/aromatic N) is 3. The summed E-state index contributed by atoms with van der Waals surface area (Å²) in [5.41, 5.74) is 10.8. The van der Waals surface area contributed by atoms with Gasteiger partial charge in [0.2, 0.25) is 0 Å². The number of aromatic nitrogens is 2. The fourth-order valence-electron chi connectivity index (χ4n) is 5.81. The number of rotatable bonds is 8. The van der Waals surface area contributed by atoms with E-state index in [2.05, 4.69) is 95.6 Å². The van der Waals surface area contributed by atoms with Gasteiger partial charge in [-0.25, -0.2) is 4.98 Å². The molecule has 226 valence electrons. The molecule has 1 heterocycles. The van der Waals surface area contributed by atoms with E-state index in [1.54, 1.807) is 14.2 Å². The Hall–Kier alpha value is -6.38. The van der Waals surface area contributed by atoms with Crippen LogP contribution in [0.15, 0.2) is 152 Å². The van der Waals surface area contributed by atoms with Crippen molar-refractivity contribution < 1.29 is 9.47 Å². The number of nitriles is 1. The van der Waals surface area contributed by atoms with Crippen LogP contribution in [0.3, 0.4) is 0 Å². The maximum absolute atomic E-state index is 9.46. The van der Waals surface area contributed by atoms with Crippen LogP contribution in [-0.2, 0) is 0 Å². The van der Waals surface area contributed by atoms with Crippen molar-refractivity contribution >= 4 is 0 Å². The van der Waals surface area contributed by atoms with Gasteiger partial charge in [-0.15, -0.1) is 0 Å². The highest BCUT2D eigenvalue weighted by atomic mass is 16.5. The molecule has 0 bridgehead atoms. The summed E-state index contributed by atoms with van der Waals surface area (Å²) in [5.74, 6) is 2.45. The van der Waals surface area contributed by atoms with Gasteiger partial charge >= 0.3 is 0 Å². The smallest absolute Gasteiger partial charge is 0.145 e. The average Bonchev–Trinajstić information content (AvgIpc) is 3.56. The molecule has 0 saturated heterocycles. The van der Waals surface area contributed by atoms with E-state index in [1.807, 2.05) is 66.7 Å². The van der Waals surface area contributed by atoms with Gasteiger partial charge in [0.05, 0.1) is 37.2 Å². The predicted octanol–water partition coefficient (Wildman–Crippen LogP) is 10.1. The zero-order valence-corrected chi connectivity index (χ0v) is 26.1. The van der Waals surface area contributed by atoms with Gasteiger partial charge in [-0.3, -0.25) is 4.57 Å². The van der Waals surface area contributed by atoms with Crippen LogP contribution in [0.25, 0.3) is 61.8 Å². The van der Waals surface area contributed by atoms with E-state index in [9.17, 15) is 5.26 Å². The van der Waals surface area contributed by atoms with Crippen molar-refractivity contribution in [3.05, 3.63) is 157 Å². The third-order valence-electron chi connectivity index (χ3n) is 8.33. The lowest BCUT2D eigenvalue weighted by Crippen LogP contribution is -2.00. The van der Waals surface area contributed by atoms with Crippen LogP contribution < -0.4 is 9.47 Å². The van der Waals surface area contributed by atoms with Crippen molar-refractivity contribution in [2.75, 3.05) is 14.2 Å². The highest BCUT2D eigenvalue weighted by Gasteiger charge is 2.23. The number of hydrogen-bond donors (Lipinski definition) is 0. The molecule has 5 nitrogen and oxygen atoms in total. The molecular formula is C42H31N3O2. The van der Waals surface area contributed by atoms with Crippen LogP contribution in [0.1, 0.15) is 5.56 Å². The SMILES string of the molecule is COc1ccc(-c2ccc(-c3nc(-c4ccc(C#N)cc4)n(-c4ccccc4)c3-c3ccc(-c4ccc(OC)cc4)cc3)cc2)cc1. The van der Waals surface area contributed by atoms with E-state index in [0.29, 0.717) is 5.56 Å². The molecule has 5 heteroatoms. The van der Waals surface area contributed by atoms with E-state index >= 15 is 0 Å². The molecule has 47 heavy (non-hydrogen) atoms. The maximum atomic E-state index is 9.46. The summed E-state index contributed by atoms with van der Waals surface area (Å²) < 4.78 is 12.9. The molecular weight excluding hydrogens is 578 g/mol. The Balaban J connectivity index is 1.40. The summed E-state index contributed by atoms with van der Waals surface area (Å²) in [7, 11) is 3.35. The Morgan fingerprint density at radius 1 is 0.489 bits per heavy atom. The molecule has 0 amide bonds. The Labute approximate surface area is 274 Å². The summed E-state index contributed by atoms with van der Waals surface area (Å²) in [4.78, 5) is 5.33. The van der Waals surface area contributed by atoms with Crippen molar-refractivity contribution in [1.29, 1.82) is 5.26 Å². The maximum Gasteiger partial charge on any atom is 0.145 e.